The Labute approximate surface area is 233 Å². The van der Waals surface area contributed by atoms with E-state index < -0.39 is 5.82 Å². The fraction of sp³-hybridized carbons (Fsp3) is 0.333. The molecule has 3 aromatic rings. The Morgan fingerprint density at radius 2 is 2.12 bits per heavy atom. The Balaban J connectivity index is 1.44. The highest BCUT2D eigenvalue weighted by atomic mass is 19.1. The van der Waals surface area contributed by atoms with Crippen molar-refractivity contribution < 1.29 is 14.2 Å². The molecule has 9 nitrogen and oxygen atoms in total. The number of amidine groups is 1. The molecule has 1 aromatic heterocycles. The van der Waals surface area contributed by atoms with Crippen LogP contribution < -0.4 is 10.1 Å². The predicted octanol–water partition coefficient (Wildman–Crippen LogP) is 5.72. The van der Waals surface area contributed by atoms with E-state index in [-0.39, 0.29) is 11.8 Å². The quantitative estimate of drug-likeness (QED) is 0.414. The lowest BCUT2D eigenvalue weighted by molar-refractivity contribution is 0.183. The summed E-state index contributed by atoms with van der Waals surface area (Å²) in [4.78, 5) is 20.2. The van der Waals surface area contributed by atoms with Gasteiger partial charge in [-0.05, 0) is 63.5 Å². The third-order valence-corrected chi connectivity index (χ3v) is 7.23. The van der Waals surface area contributed by atoms with Gasteiger partial charge in [0, 0.05) is 31.8 Å². The van der Waals surface area contributed by atoms with E-state index >= 15 is 4.39 Å². The van der Waals surface area contributed by atoms with E-state index in [1.54, 1.807) is 25.4 Å². The van der Waals surface area contributed by atoms with Crippen LogP contribution >= 0.6 is 0 Å². The Morgan fingerprint density at radius 3 is 2.85 bits per heavy atom. The van der Waals surface area contributed by atoms with Gasteiger partial charge in [0.05, 0.1) is 34.8 Å². The average Bonchev–Trinajstić information content (AvgIpc) is 3.56. The number of imidazole rings is 1. The second-order valence-corrected chi connectivity index (χ2v) is 9.99. The number of likely N-dealkylation sites (tertiary alicyclic amines) is 1. The summed E-state index contributed by atoms with van der Waals surface area (Å²) in [5.41, 5.74) is 4.60. The molecule has 1 saturated heterocycles. The van der Waals surface area contributed by atoms with Crippen molar-refractivity contribution >= 4 is 34.6 Å². The van der Waals surface area contributed by atoms with Gasteiger partial charge in [-0.1, -0.05) is 13.0 Å². The van der Waals surface area contributed by atoms with E-state index in [0.717, 1.165) is 28.8 Å². The summed E-state index contributed by atoms with van der Waals surface area (Å²) in [6.45, 7) is 8.88. The molecule has 0 aliphatic carbocycles. The normalized spacial score (nSPS) is 19.9. The zero-order chi connectivity index (χ0) is 28.4. The van der Waals surface area contributed by atoms with Gasteiger partial charge in [0.1, 0.15) is 29.4 Å². The topological polar surface area (TPSA) is 99.6 Å². The lowest BCUT2D eigenvalue weighted by Gasteiger charge is -2.23. The Morgan fingerprint density at radius 1 is 1.30 bits per heavy atom. The first kappa shape index (κ1) is 27.3. The summed E-state index contributed by atoms with van der Waals surface area (Å²) < 4.78 is 23.6. The van der Waals surface area contributed by atoms with Crippen molar-refractivity contribution in [1.82, 2.24) is 14.5 Å². The number of aliphatic imine (C=N–C) groups is 3. The number of aliphatic hydroxyl groups excluding tert-OH is 1. The van der Waals surface area contributed by atoms with Crippen molar-refractivity contribution in [3.63, 3.8) is 0 Å². The number of halogens is 1. The van der Waals surface area contributed by atoms with Crippen LogP contribution in [0, 0.1) is 12.7 Å². The molecule has 0 spiro atoms. The van der Waals surface area contributed by atoms with Gasteiger partial charge in [-0.2, -0.15) is 0 Å². The van der Waals surface area contributed by atoms with Gasteiger partial charge in [0.2, 0.25) is 0 Å². The number of nitrogens with one attached hydrogen (secondary N) is 1. The maximum Gasteiger partial charge on any atom is 0.160 e. The van der Waals surface area contributed by atoms with Crippen molar-refractivity contribution in [3.05, 3.63) is 71.2 Å². The van der Waals surface area contributed by atoms with E-state index in [1.807, 2.05) is 49.7 Å². The molecule has 208 valence electrons. The maximum atomic E-state index is 15.7. The van der Waals surface area contributed by atoms with Crippen LogP contribution in [-0.2, 0) is 7.05 Å². The molecule has 3 heterocycles. The van der Waals surface area contributed by atoms with Crippen molar-refractivity contribution in [3.8, 4) is 11.5 Å². The molecular weight excluding hydrogens is 509 g/mol. The number of rotatable bonds is 6. The SMILES string of the molecule is C/C=C1/N=CN=C(Nc2ccc(Oc3ccc4c(c3)ncn4C)c(C)c2F)/C1=N/C(=C(\C)CC)N1CCC(O)C1. The first-order chi connectivity index (χ1) is 19.3. The zero-order valence-corrected chi connectivity index (χ0v) is 23.4. The monoisotopic (exact) mass is 543 g/mol. The smallest absolute Gasteiger partial charge is 0.160 e. The number of allylic oxidation sites excluding steroid dienone is 2. The molecule has 1 fully saturated rings. The van der Waals surface area contributed by atoms with Crippen molar-refractivity contribution in [2.45, 2.75) is 46.6 Å². The van der Waals surface area contributed by atoms with E-state index in [2.05, 4.69) is 32.1 Å². The first-order valence-electron chi connectivity index (χ1n) is 13.4. The summed E-state index contributed by atoms with van der Waals surface area (Å²) >= 11 is 0. The predicted molar refractivity (Wildman–Crippen MR) is 158 cm³/mol. The zero-order valence-electron chi connectivity index (χ0n) is 23.4. The van der Waals surface area contributed by atoms with Crippen LogP contribution in [-0.4, -0.2) is 56.6 Å². The van der Waals surface area contributed by atoms with E-state index in [9.17, 15) is 5.11 Å². The third-order valence-electron chi connectivity index (χ3n) is 7.23. The fourth-order valence-electron chi connectivity index (χ4n) is 4.75. The van der Waals surface area contributed by atoms with Crippen LogP contribution in [0.25, 0.3) is 11.0 Å². The van der Waals surface area contributed by atoms with Crippen LogP contribution in [0.1, 0.15) is 39.2 Å². The second kappa shape index (κ2) is 11.4. The highest BCUT2D eigenvalue weighted by Gasteiger charge is 2.26. The van der Waals surface area contributed by atoms with E-state index in [0.29, 0.717) is 53.8 Å². The number of aromatic nitrogens is 2. The average molecular weight is 544 g/mol. The number of fused-ring (bicyclic) bond motifs is 1. The maximum absolute atomic E-state index is 15.7. The van der Waals surface area contributed by atoms with Crippen LogP contribution in [0.3, 0.4) is 0 Å². The molecule has 10 heteroatoms. The number of ether oxygens (including phenoxy) is 1. The molecule has 2 N–H and O–H groups in total. The number of aryl methyl sites for hydroxylation is 1. The molecule has 5 rings (SSSR count). The standard InChI is InChI=1S/C30H34FN7O2/c1-6-18(3)30(38-13-12-20(39)15-38)36-28-22(7-2)32-16-33-29(28)35-23-9-11-26(19(4)27(23)31)40-21-8-10-25-24(14-21)34-17-37(25)5/h7-11,14,16-17,20,39H,6,12-13,15H2,1-5H3,(H,32,33,35)/b22-7+,30-18-,36-28+. The summed E-state index contributed by atoms with van der Waals surface area (Å²) in [6.07, 6.45) is 6.12. The molecule has 0 radical (unpaired) electrons. The minimum Gasteiger partial charge on any atom is -0.457 e. The largest absolute Gasteiger partial charge is 0.457 e. The van der Waals surface area contributed by atoms with Crippen molar-refractivity contribution in [2.24, 2.45) is 22.0 Å². The molecular formula is C30H34FN7O2. The van der Waals surface area contributed by atoms with Gasteiger partial charge in [0.15, 0.2) is 11.7 Å². The Bertz CT molecular complexity index is 1600. The molecule has 2 aromatic carbocycles. The highest BCUT2D eigenvalue weighted by molar-refractivity contribution is 6.52. The number of β-amino-alcohol motifs (C(OH)–C–C–N with tert-alkyl or cyclic N) is 1. The van der Waals surface area contributed by atoms with Gasteiger partial charge in [-0.25, -0.2) is 24.4 Å². The first-order valence-corrected chi connectivity index (χ1v) is 13.4. The lowest BCUT2D eigenvalue weighted by Crippen LogP contribution is -2.30. The third kappa shape index (κ3) is 5.40. The summed E-state index contributed by atoms with van der Waals surface area (Å²) in [7, 11) is 1.93. The van der Waals surface area contributed by atoms with Crippen LogP contribution in [0.2, 0.25) is 0 Å². The van der Waals surface area contributed by atoms with Crippen LogP contribution in [0.15, 0.2) is 74.8 Å². The molecule has 40 heavy (non-hydrogen) atoms. The van der Waals surface area contributed by atoms with Gasteiger partial charge in [-0.15, -0.1) is 0 Å². The Hall–Kier alpha value is -4.31. The summed E-state index contributed by atoms with van der Waals surface area (Å²) in [6, 6.07) is 8.95. The summed E-state index contributed by atoms with van der Waals surface area (Å²) in [5, 5.41) is 13.3. The van der Waals surface area contributed by atoms with E-state index in [1.165, 1.54) is 6.34 Å². The number of benzene rings is 2. The molecule has 2 aliphatic heterocycles. The lowest BCUT2D eigenvalue weighted by atomic mass is 10.1. The van der Waals surface area contributed by atoms with Crippen molar-refractivity contribution in [1.29, 1.82) is 0 Å². The van der Waals surface area contributed by atoms with Gasteiger partial charge in [-0.3, -0.25) is 0 Å². The van der Waals surface area contributed by atoms with E-state index in [4.69, 9.17) is 9.73 Å². The molecule has 0 bridgehead atoms. The van der Waals surface area contributed by atoms with Gasteiger partial charge < -0.3 is 24.6 Å². The van der Waals surface area contributed by atoms with Gasteiger partial charge >= 0.3 is 0 Å². The summed E-state index contributed by atoms with van der Waals surface area (Å²) in [5.74, 6) is 1.70. The van der Waals surface area contributed by atoms with Crippen LogP contribution in [0.4, 0.5) is 10.1 Å². The molecule has 0 amide bonds. The highest BCUT2D eigenvalue weighted by Crippen LogP contribution is 2.32. The number of anilines is 1. The molecule has 2 aliphatic rings. The fourth-order valence-corrected chi connectivity index (χ4v) is 4.75. The molecule has 0 saturated carbocycles. The Kier molecular flexibility index (Phi) is 7.79. The minimum atomic E-state index is -0.453. The minimum absolute atomic E-state index is 0.247. The van der Waals surface area contributed by atoms with Crippen LogP contribution in [0.5, 0.6) is 11.5 Å². The molecule has 1 atom stereocenters. The number of nitrogens with zero attached hydrogens (tertiary/aromatic N) is 6. The number of hydrogen-bond donors (Lipinski definition) is 2. The number of aliphatic hydroxyl groups is 1. The van der Waals surface area contributed by atoms with Crippen molar-refractivity contribution in [2.75, 3.05) is 18.4 Å². The molecule has 1 unspecified atom stereocenters. The second-order valence-electron chi connectivity index (χ2n) is 9.99. The number of hydrogen-bond acceptors (Lipinski definition) is 8. The van der Waals surface area contributed by atoms with Gasteiger partial charge in [0.25, 0.3) is 0 Å².